The lowest BCUT2D eigenvalue weighted by atomic mass is 10.0. The maximum absolute atomic E-state index is 12.3. The second-order valence-electron chi connectivity index (χ2n) is 4.83. The van der Waals surface area contributed by atoms with E-state index in [2.05, 4.69) is 0 Å². The van der Waals surface area contributed by atoms with Crippen LogP contribution >= 0.6 is 11.6 Å². The Hall–Kier alpha value is -1.74. The first-order valence-electron chi connectivity index (χ1n) is 6.37. The Balaban J connectivity index is 2.09. The van der Waals surface area contributed by atoms with Crippen LogP contribution in [0.2, 0.25) is 5.02 Å². The van der Waals surface area contributed by atoms with Crippen LogP contribution in [0, 0.1) is 0 Å². The summed E-state index contributed by atoms with van der Waals surface area (Å²) in [5.74, 6) is 0.0668. The molecule has 4 heteroatoms. The highest BCUT2D eigenvalue weighted by molar-refractivity contribution is 6.35. The lowest BCUT2D eigenvalue weighted by Crippen LogP contribution is -2.27. The van der Waals surface area contributed by atoms with Gasteiger partial charge in [0, 0.05) is 34.4 Å². The Morgan fingerprint density at radius 2 is 1.89 bits per heavy atom. The first kappa shape index (κ1) is 12.3. The van der Waals surface area contributed by atoms with E-state index in [-0.39, 0.29) is 11.7 Å². The van der Waals surface area contributed by atoms with Gasteiger partial charge in [-0.1, -0.05) is 23.7 Å². The summed E-state index contributed by atoms with van der Waals surface area (Å²) in [4.78, 5) is 14.1. The predicted octanol–water partition coefficient (Wildman–Crippen LogP) is 3.43. The Morgan fingerprint density at radius 1 is 1.16 bits per heavy atom. The maximum Gasteiger partial charge on any atom is 0.254 e. The van der Waals surface area contributed by atoms with E-state index in [0.717, 1.165) is 25.9 Å². The number of likely N-dealkylation sites (tertiary alicyclic amines) is 1. The van der Waals surface area contributed by atoms with Gasteiger partial charge in [-0.2, -0.15) is 0 Å². The largest absolute Gasteiger partial charge is 0.507 e. The Morgan fingerprint density at radius 3 is 2.63 bits per heavy atom. The molecule has 98 valence electrons. The number of hydrogen-bond donors (Lipinski definition) is 1. The molecule has 1 N–H and O–H groups in total. The van der Waals surface area contributed by atoms with Gasteiger partial charge in [0.05, 0.1) is 0 Å². The summed E-state index contributed by atoms with van der Waals surface area (Å²) >= 11 is 6.13. The molecule has 0 aliphatic carbocycles. The topological polar surface area (TPSA) is 40.5 Å². The molecule has 0 radical (unpaired) electrons. The van der Waals surface area contributed by atoms with Crippen LogP contribution in [-0.4, -0.2) is 29.0 Å². The van der Waals surface area contributed by atoms with Crippen LogP contribution in [0.15, 0.2) is 30.3 Å². The van der Waals surface area contributed by atoms with Crippen LogP contribution in [0.25, 0.3) is 10.8 Å². The van der Waals surface area contributed by atoms with Gasteiger partial charge in [0.25, 0.3) is 5.91 Å². The van der Waals surface area contributed by atoms with Crippen LogP contribution < -0.4 is 0 Å². The smallest absolute Gasteiger partial charge is 0.254 e. The van der Waals surface area contributed by atoms with Crippen LogP contribution in [0.4, 0.5) is 0 Å². The van der Waals surface area contributed by atoms with Crippen molar-refractivity contribution in [1.29, 1.82) is 0 Å². The average molecular weight is 276 g/mol. The third-order valence-corrected chi connectivity index (χ3v) is 3.89. The summed E-state index contributed by atoms with van der Waals surface area (Å²) in [5, 5.41) is 12.0. The highest BCUT2D eigenvalue weighted by atomic mass is 35.5. The molecule has 1 aliphatic heterocycles. The zero-order valence-electron chi connectivity index (χ0n) is 10.4. The van der Waals surface area contributed by atoms with Gasteiger partial charge < -0.3 is 10.0 Å². The van der Waals surface area contributed by atoms with Crippen LogP contribution in [0.5, 0.6) is 5.75 Å². The van der Waals surface area contributed by atoms with Crippen molar-refractivity contribution in [2.45, 2.75) is 12.8 Å². The minimum Gasteiger partial charge on any atom is -0.507 e. The first-order valence-corrected chi connectivity index (χ1v) is 6.75. The van der Waals surface area contributed by atoms with E-state index in [1.165, 1.54) is 6.07 Å². The van der Waals surface area contributed by atoms with E-state index in [1.807, 2.05) is 4.90 Å². The molecule has 2 aromatic carbocycles. The lowest BCUT2D eigenvalue weighted by Gasteiger charge is -2.16. The number of phenols is 1. The van der Waals surface area contributed by atoms with E-state index in [4.69, 9.17) is 11.6 Å². The summed E-state index contributed by atoms with van der Waals surface area (Å²) in [6.45, 7) is 1.58. The molecule has 0 aromatic heterocycles. The van der Waals surface area contributed by atoms with E-state index in [1.54, 1.807) is 24.3 Å². The Kier molecular flexibility index (Phi) is 3.07. The van der Waals surface area contributed by atoms with Crippen LogP contribution in [0.1, 0.15) is 23.2 Å². The third-order valence-electron chi connectivity index (χ3n) is 3.56. The van der Waals surface area contributed by atoms with Gasteiger partial charge in [0.1, 0.15) is 5.75 Å². The summed E-state index contributed by atoms with van der Waals surface area (Å²) in [7, 11) is 0. The van der Waals surface area contributed by atoms with Crippen LogP contribution in [-0.2, 0) is 0 Å². The van der Waals surface area contributed by atoms with E-state index >= 15 is 0 Å². The Labute approximate surface area is 116 Å². The summed E-state index contributed by atoms with van der Waals surface area (Å²) in [6, 6.07) is 8.62. The van der Waals surface area contributed by atoms with Crippen molar-refractivity contribution in [3.05, 3.63) is 40.9 Å². The van der Waals surface area contributed by atoms with E-state index in [0.29, 0.717) is 21.4 Å². The molecule has 0 bridgehead atoms. The normalized spacial score (nSPS) is 15.1. The molecule has 0 atom stereocenters. The minimum absolute atomic E-state index is 0.0328. The van der Waals surface area contributed by atoms with Crippen LogP contribution in [0.3, 0.4) is 0 Å². The molecule has 3 nitrogen and oxygen atoms in total. The second-order valence-corrected chi connectivity index (χ2v) is 5.24. The van der Waals surface area contributed by atoms with Crippen molar-refractivity contribution in [2.24, 2.45) is 0 Å². The van der Waals surface area contributed by atoms with Crippen molar-refractivity contribution < 1.29 is 9.90 Å². The summed E-state index contributed by atoms with van der Waals surface area (Å²) in [5.41, 5.74) is 0.500. The molecule has 1 amide bonds. The highest BCUT2D eigenvalue weighted by Crippen LogP contribution is 2.32. The lowest BCUT2D eigenvalue weighted by molar-refractivity contribution is 0.0792. The molecule has 19 heavy (non-hydrogen) atoms. The number of rotatable bonds is 1. The zero-order chi connectivity index (χ0) is 13.4. The highest BCUT2D eigenvalue weighted by Gasteiger charge is 2.20. The fourth-order valence-electron chi connectivity index (χ4n) is 2.56. The zero-order valence-corrected chi connectivity index (χ0v) is 11.2. The molecule has 3 rings (SSSR count). The average Bonchev–Trinajstić information content (AvgIpc) is 2.93. The number of amides is 1. The predicted molar refractivity (Wildman–Crippen MR) is 75.8 cm³/mol. The molecule has 1 aliphatic rings. The van der Waals surface area contributed by atoms with Gasteiger partial charge in [-0.25, -0.2) is 0 Å². The standard InChI is InChI=1S/C15H14ClNO2/c16-13-5-3-4-11-12(13)8-10(9-14(11)18)15(19)17-6-1-2-7-17/h3-5,8-9,18H,1-2,6-7H2. The van der Waals surface area contributed by atoms with Gasteiger partial charge in [0.15, 0.2) is 0 Å². The molecule has 1 saturated heterocycles. The van der Waals surface area contributed by atoms with Crippen molar-refractivity contribution in [3.8, 4) is 5.75 Å². The number of phenolic OH excluding ortho intramolecular Hbond substituents is 1. The minimum atomic E-state index is -0.0328. The SMILES string of the molecule is O=C(c1cc(O)c2cccc(Cl)c2c1)N1CCCC1. The number of fused-ring (bicyclic) bond motifs is 1. The maximum atomic E-state index is 12.3. The second kappa shape index (κ2) is 4.74. The molecular formula is C15H14ClNO2. The third kappa shape index (κ3) is 2.15. The molecule has 1 fully saturated rings. The molecule has 1 heterocycles. The fraction of sp³-hybridized carbons (Fsp3) is 0.267. The number of carbonyl (C=O) groups is 1. The number of nitrogens with zero attached hydrogens (tertiary/aromatic N) is 1. The quantitative estimate of drug-likeness (QED) is 0.866. The van der Waals surface area contributed by atoms with E-state index < -0.39 is 0 Å². The number of halogens is 1. The van der Waals surface area contributed by atoms with Gasteiger partial charge in [0.2, 0.25) is 0 Å². The van der Waals surface area contributed by atoms with Gasteiger partial charge in [-0.3, -0.25) is 4.79 Å². The molecule has 0 spiro atoms. The molecule has 0 saturated carbocycles. The molecule has 0 unspecified atom stereocenters. The Bertz CT molecular complexity index is 648. The number of hydrogen-bond acceptors (Lipinski definition) is 2. The van der Waals surface area contributed by atoms with Gasteiger partial charge in [-0.05, 0) is 31.0 Å². The van der Waals surface area contributed by atoms with Gasteiger partial charge >= 0.3 is 0 Å². The number of aromatic hydroxyl groups is 1. The summed E-state index contributed by atoms with van der Waals surface area (Å²) < 4.78 is 0. The van der Waals surface area contributed by atoms with Gasteiger partial charge in [-0.15, -0.1) is 0 Å². The van der Waals surface area contributed by atoms with Crippen molar-refractivity contribution in [2.75, 3.05) is 13.1 Å². The monoisotopic (exact) mass is 275 g/mol. The molecular weight excluding hydrogens is 262 g/mol. The molecule has 2 aromatic rings. The van der Waals surface area contributed by atoms with Crippen molar-refractivity contribution in [3.63, 3.8) is 0 Å². The fourth-order valence-corrected chi connectivity index (χ4v) is 2.78. The number of benzene rings is 2. The van der Waals surface area contributed by atoms with E-state index in [9.17, 15) is 9.90 Å². The number of carbonyl (C=O) groups excluding carboxylic acids is 1. The first-order chi connectivity index (χ1) is 9.16. The summed E-state index contributed by atoms with van der Waals surface area (Å²) in [6.07, 6.45) is 2.10. The van der Waals surface area contributed by atoms with Crippen molar-refractivity contribution in [1.82, 2.24) is 4.90 Å². The van der Waals surface area contributed by atoms with Crippen molar-refractivity contribution >= 4 is 28.3 Å².